The Morgan fingerprint density at radius 1 is 1.18 bits per heavy atom. The highest BCUT2D eigenvalue weighted by Crippen LogP contribution is 2.41. The van der Waals surface area contributed by atoms with E-state index in [0.717, 1.165) is 35.1 Å². The van der Waals surface area contributed by atoms with E-state index in [1.165, 1.54) is 25.1 Å². The highest BCUT2D eigenvalue weighted by atomic mass is 19.4. The number of guanidine groups is 1. The number of carbonyl (C=O) groups excluding carboxylic acids is 2. The van der Waals surface area contributed by atoms with Gasteiger partial charge in [-0.3, -0.25) is 15.2 Å². The number of aryl methyl sites for hydroxylation is 1. The maximum absolute atomic E-state index is 13.3. The molecule has 0 saturated heterocycles. The third-order valence-corrected chi connectivity index (χ3v) is 5.46. The van der Waals surface area contributed by atoms with Crippen LogP contribution >= 0.6 is 0 Å². The molecule has 0 fully saturated rings. The Balaban J connectivity index is 2.32. The Kier molecular flexibility index (Phi) is 6.36. The summed E-state index contributed by atoms with van der Waals surface area (Å²) in [6, 6.07) is 8.37. The van der Waals surface area contributed by atoms with Crippen molar-refractivity contribution in [3.63, 3.8) is 0 Å². The highest BCUT2D eigenvalue weighted by Gasteiger charge is 2.44. The van der Waals surface area contributed by atoms with Crippen LogP contribution in [-0.4, -0.2) is 30.0 Å². The third-order valence-electron chi connectivity index (χ3n) is 5.46. The van der Waals surface area contributed by atoms with Crippen LogP contribution in [0.25, 0.3) is 0 Å². The molecule has 1 heterocycles. The summed E-state index contributed by atoms with van der Waals surface area (Å²) in [5.41, 5.74) is 5.78. The summed E-state index contributed by atoms with van der Waals surface area (Å²) in [5.74, 6) is -1.41. The number of rotatable bonds is 3. The molecule has 2 aromatic rings. The summed E-state index contributed by atoms with van der Waals surface area (Å²) in [6.07, 6.45) is -4.65. The van der Waals surface area contributed by atoms with Crippen LogP contribution in [0.2, 0.25) is 0 Å². The maximum atomic E-state index is 13.3. The first-order valence-electron chi connectivity index (χ1n) is 9.86. The number of allylic oxidation sites excluding steroid dienone is 1. The van der Waals surface area contributed by atoms with Gasteiger partial charge in [-0.05, 0) is 55.3 Å². The van der Waals surface area contributed by atoms with Crippen LogP contribution in [0.15, 0.2) is 53.7 Å². The van der Waals surface area contributed by atoms with E-state index in [2.05, 4.69) is 0 Å². The van der Waals surface area contributed by atoms with Crippen molar-refractivity contribution in [2.75, 3.05) is 12.0 Å². The lowest BCUT2D eigenvalue weighted by atomic mass is 9.89. The van der Waals surface area contributed by atoms with Crippen molar-refractivity contribution in [3.05, 3.63) is 76.0 Å². The number of carbonyl (C=O) groups is 2. The summed E-state index contributed by atoms with van der Waals surface area (Å²) >= 11 is 0. The maximum Gasteiger partial charge on any atom is 0.416 e. The molecular formula is C23H20F3N5O3. The number of ether oxygens (including phenoxy) is 1. The van der Waals surface area contributed by atoms with E-state index in [0.29, 0.717) is 16.7 Å². The number of nitrogens with zero attached hydrogens (tertiary/aromatic N) is 3. The number of anilines is 1. The number of primary amides is 1. The zero-order chi connectivity index (χ0) is 25.4. The standard InChI is InChI=1S/C23H20F3N5O3/c1-12-9-14(11-27)7-8-17(12)19-18(20(32)34-3)13(2)30(21(28)31(19)22(29)33)16-6-4-5-15(10-16)23(24,25)26/h4-10,19,28H,1-3H3,(H2,29,33). The molecule has 0 saturated carbocycles. The second-order valence-corrected chi connectivity index (χ2v) is 7.49. The molecule has 0 radical (unpaired) electrons. The number of alkyl halides is 3. The van der Waals surface area contributed by atoms with Gasteiger partial charge in [0.05, 0.1) is 29.9 Å². The molecule has 176 valence electrons. The predicted molar refractivity (Wildman–Crippen MR) is 116 cm³/mol. The fourth-order valence-electron chi connectivity index (χ4n) is 3.92. The minimum atomic E-state index is -4.65. The normalized spacial score (nSPS) is 16.4. The molecule has 3 N–H and O–H groups in total. The molecule has 1 atom stereocenters. The van der Waals surface area contributed by atoms with E-state index in [9.17, 15) is 22.8 Å². The summed E-state index contributed by atoms with van der Waals surface area (Å²) in [7, 11) is 1.12. The number of nitriles is 1. The summed E-state index contributed by atoms with van der Waals surface area (Å²) in [4.78, 5) is 27.2. The molecule has 1 aliphatic rings. The van der Waals surface area contributed by atoms with Crippen LogP contribution in [0.5, 0.6) is 0 Å². The Morgan fingerprint density at radius 2 is 1.85 bits per heavy atom. The molecule has 2 amide bonds. The average molecular weight is 471 g/mol. The fourth-order valence-corrected chi connectivity index (χ4v) is 3.92. The topological polar surface area (TPSA) is 124 Å². The second kappa shape index (κ2) is 8.90. The van der Waals surface area contributed by atoms with Crippen molar-refractivity contribution >= 4 is 23.6 Å². The molecule has 3 rings (SSSR count). The minimum Gasteiger partial charge on any atom is -0.466 e. The lowest BCUT2D eigenvalue weighted by Gasteiger charge is -2.43. The van der Waals surface area contributed by atoms with Gasteiger partial charge in [0, 0.05) is 11.4 Å². The van der Waals surface area contributed by atoms with Crippen molar-refractivity contribution < 1.29 is 27.5 Å². The van der Waals surface area contributed by atoms with Crippen molar-refractivity contribution in [1.29, 1.82) is 10.7 Å². The van der Waals surface area contributed by atoms with Crippen molar-refractivity contribution in [2.24, 2.45) is 5.73 Å². The average Bonchev–Trinajstić information content (AvgIpc) is 2.77. The van der Waals surface area contributed by atoms with E-state index in [4.69, 9.17) is 21.1 Å². The third kappa shape index (κ3) is 4.17. The number of hydrogen-bond acceptors (Lipinski definition) is 5. The van der Waals surface area contributed by atoms with E-state index in [1.807, 2.05) is 6.07 Å². The number of esters is 1. The molecule has 0 spiro atoms. The van der Waals surface area contributed by atoms with Gasteiger partial charge in [0.15, 0.2) is 0 Å². The van der Waals surface area contributed by atoms with Crippen molar-refractivity contribution in [2.45, 2.75) is 26.1 Å². The van der Waals surface area contributed by atoms with Crippen LogP contribution in [0.1, 0.15) is 35.2 Å². The Morgan fingerprint density at radius 3 is 2.38 bits per heavy atom. The van der Waals surface area contributed by atoms with Gasteiger partial charge in [0.1, 0.15) is 6.04 Å². The molecular weight excluding hydrogens is 451 g/mol. The molecule has 2 aromatic carbocycles. The fraction of sp³-hybridized carbons (Fsp3) is 0.217. The van der Waals surface area contributed by atoms with Gasteiger partial charge >= 0.3 is 18.2 Å². The molecule has 34 heavy (non-hydrogen) atoms. The minimum absolute atomic E-state index is 0.0856. The second-order valence-electron chi connectivity index (χ2n) is 7.49. The highest BCUT2D eigenvalue weighted by molar-refractivity contribution is 6.10. The van der Waals surface area contributed by atoms with Gasteiger partial charge in [-0.25, -0.2) is 9.59 Å². The molecule has 1 unspecified atom stereocenters. The summed E-state index contributed by atoms with van der Waals surface area (Å²) in [5, 5.41) is 17.8. The largest absolute Gasteiger partial charge is 0.466 e. The monoisotopic (exact) mass is 471 g/mol. The number of benzene rings is 2. The Hall–Kier alpha value is -4.33. The number of nitrogens with one attached hydrogen (secondary N) is 1. The summed E-state index contributed by atoms with van der Waals surface area (Å²) in [6.45, 7) is 3.09. The summed E-state index contributed by atoms with van der Waals surface area (Å²) < 4.78 is 44.9. The Labute approximate surface area is 193 Å². The molecule has 11 heteroatoms. The van der Waals surface area contributed by atoms with Gasteiger partial charge in [-0.2, -0.15) is 18.4 Å². The predicted octanol–water partition coefficient (Wildman–Crippen LogP) is 4.21. The van der Waals surface area contributed by atoms with E-state index < -0.39 is 35.7 Å². The Bertz CT molecular complexity index is 1260. The van der Waals surface area contributed by atoms with Crippen molar-refractivity contribution in [1.82, 2.24) is 4.90 Å². The number of halogens is 3. The molecule has 0 aliphatic carbocycles. The van der Waals surface area contributed by atoms with Crippen LogP contribution < -0.4 is 10.6 Å². The molecule has 0 bridgehead atoms. The number of nitrogens with two attached hydrogens (primary N) is 1. The molecule has 0 aromatic heterocycles. The zero-order valence-corrected chi connectivity index (χ0v) is 18.4. The zero-order valence-electron chi connectivity index (χ0n) is 18.4. The SMILES string of the molecule is COC(=O)C1=C(C)N(c2cccc(C(F)(F)F)c2)C(=N)N(C(N)=O)C1c1ccc(C#N)cc1C. The smallest absolute Gasteiger partial charge is 0.416 e. The van der Waals surface area contributed by atoms with Gasteiger partial charge in [-0.1, -0.05) is 12.1 Å². The van der Waals surface area contributed by atoms with Gasteiger partial charge in [-0.15, -0.1) is 0 Å². The van der Waals surface area contributed by atoms with E-state index in [1.54, 1.807) is 13.0 Å². The number of methoxy groups -OCH3 is 1. The van der Waals surface area contributed by atoms with E-state index in [-0.39, 0.29) is 17.0 Å². The van der Waals surface area contributed by atoms with Crippen molar-refractivity contribution in [3.8, 4) is 6.07 Å². The van der Waals surface area contributed by atoms with E-state index >= 15 is 0 Å². The first kappa shape index (κ1) is 24.3. The number of hydrogen-bond donors (Lipinski definition) is 2. The van der Waals surface area contributed by atoms with Gasteiger partial charge < -0.3 is 10.5 Å². The van der Waals surface area contributed by atoms with Gasteiger partial charge in [0.25, 0.3) is 0 Å². The first-order chi connectivity index (χ1) is 15.9. The number of urea groups is 1. The lowest BCUT2D eigenvalue weighted by molar-refractivity contribution is -0.138. The quantitative estimate of drug-likeness (QED) is 0.649. The molecule has 1 aliphatic heterocycles. The van der Waals surface area contributed by atoms with Gasteiger partial charge in [0.2, 0.25) is 5.96 Å². The van der Waals surface area contributed by atoms with Crippen LogP contribution in [0, 0.1) is 23.7 Å². The van der Waals surface area contributed by atoms with Crippen LogP contribution in [0.3, 0.4) is 0 Å². The first-order valence-corrected chi connectivity index (χ1v) is 9.86. The molecule has 8 nitrogen and oxygen atoms in total. The van der Waals surface area contributed by atoms with Crippen LogP contribution in [0.4, 0.5) is 23.7 Å². The lowest BCUT2D eigenvalue weighted by Crippen LogP contribution is -2.55. The van der Waals surface area contributed by atoms with Crippen LogP contribution in [-0.2, 0) is 15.7 Å². The number of amides is 2.